The van der Waals surface area contributed by atoms with Crippen LogP contribution in [0, 0.1) is 5.82 Å². The molecule has 1 aromatic rings. The number of halogens is 1. The first kappa shape index (κ1) is 24.5. The molecule has 4 rings (SSSR count). The molecule has 3 aliphatic rings. The van der Waals surface area contributed by atoms with Crippen molar-refractivity contribution in [1.29, 1.82) is 0 Å². The number of nitrogens with one attached hydrogen (secondary N) is 1. The lowest BCUT2D eigenvalue weighted by molar-refractivity contribution is -0.139. The van der Waals surface area contributed by atoms with Gasteiger partial charge in [-0.2, -0.15) is 0 Å². The Balaban J connectivity index is 1.53. The molecule has 1 N–H and O–H groups in total. The highest BCUT2D eigenvalue weighted by Gasteiger charge is 2.42. The van der Waals surface area contributed by atoms with Crippen molar-refractivity contribution in [3.8, 4) is 0 Å². The Kier molecular flexibility index (Phi) is 8.05. The molecule has 3 aliphatic heterocycles. The predicted octanol–water partition coefficient (Wildman–Crippen LogP) is 3.96. The first-order valence-corrected chi connectivity index (χ1v) is 12.7. The molecule has 0 aromatic heterocycles. The van der Waals surface area contributed by atoms with Gasteiger partial charge in [0.05, 0.1) is 30.3 Å². The molecule has 1 aromatic carbocycles. The average Bonchev–Trinajstić information content (AvgIpc) is 3.21. The summed E-state index contributed by atoms with van der Waals surface area (Å²) in [5.41, 5.74) is 1.80. The number of carbonyl (C=O) groups excluding carboxylic acids is 2. The lowest BCUT2D eigenvalue weighted by Crippen LogP contribution is -2.40. The Morgan fingerprint density at radius 1 is 1.24 bits per heavy atom. The van der Waals surface area contributed by atoms with Crippen LogP contribution in [0.2, 0.25) is 0 Å². The molecule has 9 heteroatoms. The summed E-state index contributed by atoms with van der Waals surface area (Å²) in [5.74, 6) is -1.06. The Hall–Kier alpha value is -2.65. The van der Waals surface area contributed by atoms with Crippen molar-refractivity contribution >= 4 is 28.8 Å². The number of benzene rings is 1. The molecule has 0 spiro atoms. The minimum atomic E-state index is -0.754. The number of carbonyl (C=O) groups is 2. The maximum absolute atomic E-state index is 15.0. The zero-order valence-corrected chi connectivity index (χ0v) is 20.5. The fourth-order valence-electron chi connectivity index (χ4n) is 4.59. The molecule has 1 amide bonds. The number of amides is 1. The number of rotatable bonds is 8. The van der Waals surface area contributed by atoms with E-state index in [1.807, 2.05) is 5.41 Å². The number of piperidine rings is 1. The zero-order valence-electron chi connectivity index (χ0n) is 19.7. The van der Waals surface area contributed by atoms with Crippen LogP contribution in [0.5, 0.6) is 0 Å². The molecule has 0 bridgehead atoms. The molecule has 0 unspecified atom stereocenters. The second kappa shape index (κ2) is 11.2. The summed E-state index contributed by atoms with van der Waals surface area (Å²) >= 11 is 1.38. The number of hydrogen-bond donors (Lipinski definition) is 1. The molecule has 0 saturated carbocycles. The van der Waals surface area contributed by atoms with E-state index in [0.29, 0.717) is 28.7 Å². The van der Waals surface area contributed by atoms with E-state index in [9.17, 15) is 14.0 Å². The minimum Gasteiger partial charge on any atom is -0.463 e. The number of allylic oxidation sites excluding steroid dienone is 1. The molecule has 0 aliphatic carbocycles. The van der Waals surface area contributed by atoms with Crippen LogP contribution in [0.3, 0.4) is 0 Å². The van der Waals surface area contributed by atoms with Crippen LogP contribution in [0.25, 0.3) is 0 Å². The van der Waals surface area contributed by atoms with E-state index in [4.69, 9.17) is 4.74 Å². The normalized spacial score (nSPS) is 20.6. The van der Waals surface area contributed by atoms with E-state index in [0.717, 1.165) is 19.6 Å². The van der Waals surface area contributed by atoms with Crippen molar-refractivity contribution in [3.05, 3.63) is 58.0 Å². The Labute approximate surface area is 204 Å². The molecule has 1 saturated heterocycles. The van der Waals surface area contributed by atoms with E-state index in [1.54, 1.807) is 36.9 Å². The highest BCUT2D eigenvalue weighted by atomic mass is 32.2. The standard InChI is InChI=1S/C25H31FN4O3S/c1-3-33-24(32)22-17(2)28-25-30(23(22)19-9-5-6-10-20(19)26)18(16-34-25)15-21(31)27-11-14-29-12-7-4-8-13-29/h5-6,9-10,16,23H,3-4,7-8,11-15H2,1-2H3,(H,27,31)/t23-/m0/s1. The van der Waals surface area contributed by atoms with Crippen LogP contribution in [0.1, 0.15) is 51.1 Å². The van der Waals surface area contributed by atoms with Gasteiger partial charge in [-0.1, -0.05) is 36.4 Å². The van der Waals surface area contributed by atoms with E-state index < -0.39 is 17.8 Å². The summed E-state index contributed by atoms with van der Waals surface area (Å²) in [6.07, 6.45) is 3.82. The fraction of sp³-hybridized carbons (Fsp3) is 0.480. The number of esters is 1. The third-order valence-corrected chi connectivity index (χ3v) is 7.13. The van der Waals surface area contributed by atoms with Gasteiger partial charge >= 0.3 is 5.97 Å². The van der Waals surface area contributed by atoms with Gasteiger partial charge in [0.2, 0.25) is 5.91 Å². The number of likely N-dealkylation sites (tertiary alicyclic amines) is 1. The van der Waals surface area contributed by atoms with Gasteiger partial charge in [0.25, 0.3) is 0 Å². The first-order valence-electron chi connectivity index (χ1n) is 11.8. The third-order valence-electron chi connectivity index (χ3n) is 6.24. The van der Waals surface area contributed by atoms with E-state index in [1.165, 1.54) is 37.1 Å². The summed E-state index contributed by atoms with van der Waals surface area (Å²) in [6, 6.07) is 5.63. The van der Waals surface area contributed by atoms with Crippen LogP contribution in [0.15, 0.2) is 51.6 Å². The maximum Gasteiger partial charge on any atom is 0.338 e. The number of fused-ring (bicyclic) bond motifs is 1. The van der Waals surface area contributed by atoms with Gasteiger partial charge < -0.3 is 19.9 Å². The van der Waals surface area contributed by atoms with Crippen LogP contribution in [-0.2, 0) is 14.3 Å². The fourth-order valence-corrected chi connectivity index (χ4v) is 5.56. The summed E-state index contributed by atoms with van der Waals surface area (Å²) in [7, 11) is 0. The molecule has 0 radical (unpaired) electrons. The highest BCUT2D eigenvalue weighted by molar-refractivity contribution is 8.16. The van der Waals surface area contributed by atoms with Gasteiger partial charge in [-0.05, 0) is 51.3 Å². The maximum atomic E-state index is 15.0. The van der Waals surface area contributed by atoms with Gasteiger partial charge in [-0.25, -0.2) is 14.2 Å². The zero-order chi connectivity index (χ0) is 24.1. The molecular weight excluding hydrogens is 455 g/mol. The lowest BCUT2D eigenvalue weighted by Gasteiger charge is -2.36. The van der Waals surface area contributed by atoms with Gasteiger partial charge in [0.1, 0.15) is 5.82 Å². The topological polar surface area (TPSA) is 74.2 Å². The van der Waals surface area contributed by atoms with E-state index in [2.05, 4.69) is 15.2 Å². The predicted molar refractivity (Wildman–Crippen MR) is 131 cm³/mol. The second-order valence-corrected chi connectivity index (χ2v) is 9.40. The summed E-state index contributed by atoms with van der Waals surface area (Å²) < 4.78 is 20.3. The van der Waals surface area contributed by atoms with Crippen molar-refractivity contribution in [2.45, 2.75) is 45.6 Å². The van der Waals surface area contributed by atoms with E-state index >= 15 is 0 Å². The number of thioether (sulfide) groups is 1. The number of aliphatic imine (C=N–C) groups is 1. The number of ether oxygens (including phenoxy) is 1. The first-order chi connectivity index (χ1) is 16.5. The lowest BCUT2D eigenvalue weighted by atomic mass is 9.93. The largest absolute Gasteiger partial charge is 0.463 e. The smallest absolute Gasteiger partial charge is 0.338 e. The molecule has 182 valence electrons. The number of nitrogens with zero attached hydrogens (tertiary/aromatic N) is 3. The van der Waals surface area contributed by atoms with Crippen molar-refractivity contribution in [1.82, 2.24) is 15.1 Å². The number of amidine groups is 1. The molecule has 1 atom stereocenters. The Morgan fingerprint density at radius 3 is 2.74 bits per heavy atom. The van der Waals surface area contributed by atoms with Gasteiger partial charge in [-0.15, -0.1) is 0 Å². The van der Waals surface area contributed by atoms with Crippen molar-refractivity contribution < 1.29 is 18.7 Å². The molecule has 7 nitrogen and oxygen atoms in total. The van der Waals surface area contributed by atoms with Gasteiger partial charge in [0.15, 0.2) is 5.17 Å². The van der Waals surface area contributed by atoms with Crippen LogP contribution in [0.4, 0.5) is 4.39 Å². The van der Waals surface area contributed by atoms with E-state index in [-0.39, 0.29) is 24.5 Å². The molecule has 34 heavy (non-hydrogen) atoms. The van der Waals surface area contributed by atoms with Crippen molar-refractivity contribution in [2.24, 2.45) is 4.99 Å². The third kappa shape index (κ3) is 5.36. The van der Waals surface area contributed by atoms with Crippen LogP contribution < -0.4 is 5.32 Å². The summed E-state index contributed by atoms with van der Waals surface area (Å²) in [6.45, 7) is 7.25. The van der Waals surface area contributed by atoms with Gasteiger partial charge in [0, 0.05) is 24.4 Å². The van der Waals surface area contributed by atoms with Gasteiger partial charge in [-0.3, -0.25) is 4.79 Å². The van der Waals surface area contributed by atoms with Crippen molar-refractivity contribution in [2.75, 3.05) is 32.8 Å². The Bertz CT molecular complexity index is 1030. The second-order valence-electron chi connectivity index (χ2n) is 8.56. The van der Waals surface area contributed by atoms with Crippen molar-refractivity contribution in [3.63, 3.8) is 0 Å². The highest BCUT2D eigenvalue weighted by Crippen LogP contribution is 2.45. The SMILES string of the molecule is CCOC(=O)C1=C(C)N=C2SC=C(CC(=O)NCCN3CCCCC3)N2[C@H]1c1ccccc1F. The molecule has 3 heterocycles. The quantitative estimate of drug-likeness (QED) is 0.561. The van der Waals surface area contributed by atoms with Crippen LogP contribution >= 0.6 is 11.8 Å². The molecular formula is C25H31FN4O3S. The Morgan fingerprint density at radius 2 is 2.00 bits per heavy atom. The minimum absolute atomic E-state index is 0.110. The summed E-state index contributed by atoms with van der Waals surface area (Å²) in [5, 5.41) is 5.49. The molecule has 1 fully saturated rings. The summed E-state index contributed by atoms with van der Waals surface area (Å²) in [4.78, 5) is 34.4. The van der Waals surface area contributed by atoms with Crippen LogP contribution in [-0.4, -0.2) is 59.6 Å². The monoisotopic (exact) mass is 486 g/mol. The average molecular weight is 487 g/mol. The number of hydrogen-bond acceptors (Lipinski definition) is 7.